The summed E-state index contributed by atoms with van der Waals surface area (Å²) in [5.41, 5.74) is 5.19. The van der Waals surface area contributed by atoms with Crippen molar-refractivity contribution in [3.63, 3.8) is 0 Å². The van der Waals surface area contributed by atoms with Gasteiger partial charge < -0.3 is 9.73 Å². The minimum Gasteiger partial charge on any atom is -0.450 e. The van der Waals surface area contributed by atoms with Crippen LogP contribution < -0.4 is 5.32 Å². The van der Waals surface area contributed by atoms with E-state index in [4.69, 9.17) is 4.42 Å². The number of nitrogens with one attached hydrogen (secondary N) is 1. The molecule has 1 amide bonds. The highest BCUT2D eigenvalue weighted by Gasteiger charge is 2.21. The van der Waals surface area contributed by atoms with Crippen LogP contribution in [0.2, 0.25) is 0 Å². The van der Waals surface area contributed by atoms with Crippen molar-refractivity contribution in [2.75, 3.05) is 19.6 Å². The second kappa shape index (κ2) is 8.75. The highest BCUT2D eigenvalue weighted by molar-refractivity contribution is 6.06. The maximum Gasteiger partial charge on any atom is 0.287 e. The number of para-hydroxylation sites is 1. The summed E-state index contributed by atoms with van der Waals surface area (Å²) in [4.78, 5) is 20.0. The zero-order valence-electron chi connectivity index (χ0n) is 18.7. The average molecular weight is 428 g/mol. The number of rotatable bonds is 5. The maximum absolute atomic E-state index is 12.8. The molecule has 1 N–H and O–H groups in total. The highest BCUT2D eigenvalue weighted by atomic mass is 16.3. The zero-order chi connectivity index (χ0) is 22.1. The normalized spacial score (nSPS) is 15.4. The van der Waals surface area contributed by atoms with Gasteiger partial charge in [-0.15, -0.1) is 0 Å². The number of fused-ring (bicyclic) bond motifs is 3. The molecule has 1 aliphatic rings. The molecule has 2 aromatic heterocycles. The molecule has 1 aliphatic heterocycles. The summed E-state index contributed by atoms with van der Waals surface area (Å²) in [5.74, 6) is 0.714. The van der Waals surface area contributed by atoms with E-state index in [1.165, 1.54) is 11.1 Å². The molecule has 5 heteroatoms. The molecule has 0 aliphatic carbocycles. The van der Waals surface area contributed by atoms with E-state index < -0.39 is 0 Å². The number of benzene rings is 2. The van der Waals surface area contributed by atoms with Gasteiger partial charge in [-0.25, -0.2) is 0 Å². The molecule has 5 nitrogen and oxygen atoms in total. The monoisotopic (exact) mass is 427 g/mol. The number of carbonyl (C=O) groups excluding carboxylic acids is 1. The maximum atomic E-state index is 12.8. The summed E-state index contributed by atoms with van der Waals surface area (Å²) in [6.07, 6.45) is 2.19. The van der Waals surface area contributed by atoms with Crippen LogP contribution in [0.3, 0.4) is 0 Å². The van der Waals surface area contributed by atoms with Gasteiger partial charge in [0.25, 0.3) is 5.91 Å². The molecule has 164 valence electrons. The molecule has 0 unspecified atom stereocenters. The van der Waals surface area contributed by atoms with Crippen LogP contribution in [0, 0.1) is 19.8 Å². The average Bonchev–Trinajstić information content (AvgIpc) is 3.25. The highest BCUT2D eigenvalue weighted by Crippen LogP contribution is 2.29. The molecule has 0 spiro atoms. The standard InChI is InChI=1S/C27H29N3O2/c1-18-6-5-7-21(14-18)17-30-12-10-20(11-13-30)16-28-27(31)25-15-23-19(2)29-24-9-4-3-8-22(24)26(23)32-25/h3-9,14-15,20H,10-13,16-17H2,1-2H3,(H,28,31). The van der Waals surface area contributed by atoms with Crippen LogP contribution in [0.4, 0.5) is 0 Å². The molecule has 1 saturated heterocycles. The van der Waals surface area contributed by atoms with Crippen molar-refractivity contribution in [2.45, 2.75) is 33.2 Å². The van der Waals surface area contributed by atoms with Gasteiger partial charge in [0, 0.05) is 29.6 Å². The number of hydrogen-bond acceptors (Lipinski definition) is 4. The second-order valence-electron chi connectivity index (χ2n) is 8.99. The van der Waals surface area contributed by atoms with Gasteiger partial charge in [-0.2, -0.15) is 0 Å². The third kappa shape index (κ3) is 4.26. The van der Waals surface area contributed by atoms with E-state index >= 15 is 0 Å². The number of likely N-dealkylation sites (tertiary alicyclic amines) is 1. The van der Waals surface area contributed by atoms with Gasteiger partial charge in [-0.1, -0.05) is 42.0 Å². The fraction of sp³-hybridized carbons (Fsp3) is 0.333. The van der Waals surface area contributed by atoms with E-state index in [-0.39, 0.29) is 5.91 Å². The third-order valence-electron chi connectivity index (χ3n) is 6.53. The van der Waals surface area contributed by atoms with Crippen molar-refractivity contribution in [1.82, 2.24) is 15.2 Å². The molecule has 3 heterocycles. The lowest BCUT2D eigenvalue weighted by Crippen LogP contribution is -2.38. The van der Waals surface area contributed by atoms with Crippen LogP contribution in [0.1, 0.15) is 40.2 Å². The lowest BCUT2D eigenvalue weighted by molar-refractivity contribution is 0.0910. The van der Waals surface area contributed by atoms with E-state index in [0.29, 0.717) is 18.2 Å². The quantitative estimate of drug-likeness (QED) is 0.473. The van der Waals surface area contributed by atoms with Crippen LogP contribution in [-0.2, 0) is 6.54 Å². The number of pyridine rings is 1. The van der Waals surface area contributed by atoms with Crippen LogP contribution >= 0.6 is 0 Å². The molecule has 5 rings (SSSR count). The molecule has 0 saturated carbocycles. The number of carbonyl (C=O) groups is 1. The van der Waals surface area contributed by atoms with Crippen LogP contribution in [0.5, 0.6) is 0 Å². The van der Waals surface area contributed by atoms with Gasteiger partial charge in [0.05, 0.1) is 5.52 Å². The number of aryl methyl sites for hydroxylation is 2. The van der Waals surface area contributed by atoms with Gasteiger partial charge in [0.1, 0.15) is 5.58 Å². The number of aromatic nitrogens is 1. The predicted molar refractivity (Wildman–Crippen MR) is 128 cm³/mol. The van der Waals surface area contributed by atoms with Gasteiger partial charge in [-0.3, -0.25) is 14.7 Å². The molecule has 32 heavy (non-hydrogen) atoms. The molecular weight excluding hydrogens is 398 g/mol. The van der Waals surface area contributed by atoms with Crippen molar-refractivity contribution in [3.8, 4) is 0 Å². The number of furan rings is 1. The minimum atomic E-state index is -0.146. The first-order valence-corrected chi connectivity index (χ1v) is 11.4. The lowest BCUT2D eigenvalue weighted by Gasteiger charge is -2.32. The van der Waals surface area contributed by atoms with Crippen molar-refractivity contribution < 1.29 is 9.21 Å². The second-order valence-corrected chi connectivity index (χ2v) is 8.99. The van der Waals surface area contributed by atoms with E-state index in [0.717, 1.165) is 60.0 Å². The van der Waals surface area contributed by atoms with Crippen molar-refractivity contribution >= 4 is 27.8 Å². The number of nitrogens with zero attached hydrogens (tertiary/aromatic N) is 2. The van der Waals surface area contributed by atoms with Gasteiger partial charge in [-0.05, 0) is 69.5 Å². The van der Waals surface area contributed by atoms with Gasteiger partial charge in [0.15, 0.2) is 5.76 Å². The molecule has 0 atom stereocenters. The Labute approximate surface area is 188 Å². The Morgan fingerprint density at radius 2 is 1.88 bits per heavy atom. The number of hydrogen-bond donors (Lipinski definition) is 1. The zero-order valence-corrected chi connectivity index (χ0v) is 18.7. The number of amides is 1. The molecule has 0 radical (unpaired) electrons. The summed E-state index contributed by atoms with van der Waals surface area (Å²) in [6.45, 7) is 7.91. The van der Waals surface area contributed by atoms with Gasteiger partial charge in [0.2, 0.25) is 0 Å². The third-order valence-corrected chi connectivity index (χ3v) is 6.53. The lowest BCUT2D eigenvalue weighted by atomic mass is 9.96. The Bertz CT molecular complexity index is 1270. The summed E-state index contributed by atoms with van der Waals surface area (Å²) in [7, 11) is 0. The van der Waals surface area contributed by atoms with Crippen molar-refractivity contribution in [1.29, 1.82) is 0 Å². The molecule has 1 fully saturated rings. The van der Waals surface area contributed by atoms with E-state index in [9.17, 15) is 4.79 Å². The van der Waals surface area contributed by atoms with E-state index in [2.05, 4.69) is 46.4 Å². The SMILES string of the molecule is Cc1cccc(CN2CCC(CNC(=O)c3cc4c(C)nc5ccccc5c4o3)CC2)c1. The van der Waals surface area contributed by atoms with Crippen molar-refractivity contribution in [3.05, 3.63) is 77.2 Å². The minimum absolute atomic E-state index is 0.146. The summed E-state index contributed by atoms with van der Waals surface area (Å²) >= 11 is 0. The molecular formula is C27H29N3O2. The summed E-state index contributed by atoms with van der Waals surface area (Å²) < 4.78 is 6.00. The smallest absolute Gasteiger partial charge is 0.287 e. The first-order valence-electron chi connectivity index (χ1n) is 11.4. The fourth-order valence-corrected chi connectivity index (χ4v) is 4.72. The largest absolute Gasteiger partial charge is 0.450 e. The Hall–Kier alpha value is -3.18. The van der Waals surface area contributed by atoms with Gasteiger partial charge >= 0.3 is 0 Å². The molecule has 2 aromatic carbocycles. The van der Waals surface area contributed by atoms with E-state index in [1.807, 2.05) is 37.3 Å². The number of piperidine rings is 1. The van der Waals surface area contributed by atoms with E-state index in [1.54, 1.807) is 0 Å². The first-order chi connectivity index (χ1) is 15.6. The van der Waals surface area contributed by atoms with Crippen LogP contribution in [0.25, 0.3) is 21.9 Å². The Morgan fingerprint density at radius 1 is 1.06 bits per heavy atom. The predicted octanol–water partition coefficient (Wildman–Crippen LogP) is 5.24. The summed E-state index contributed by atoms with van der Waals surface area (Å²) in [5, 5.41) is 4.94. The Balaban J connectivity index is 1.19. The van der Waals surface area contributed by atoms with Crippen LogP contribution in [0.15, 0.2) is 59.0 Å². The fourth-order valence-electron chi connectivity index (χ4n) is 4.72. The van der Waals surface area contributed by atoms with Crippen LogP contribution in [-0.4, -0.2) is 35.4 Å². The first kappa shape index (κ1) is 20.7. The topological polar surface area (TPSA) is 58.4 Å². The Morgan fingerprint density at radius 3 is 2.69 bits per heavy atom. The summed E-state index contributed by atoms with van der Waals surface area (Å²) in [6, 6.07) is 18.4. The Kier molecular flexibility index (Phi) is 5.66. The van der Waals surface area contributed by atoms with Crippen molar-refractivity contribution in [2.24, 2.45) is 5.92 Å². The molecule has 0 bridgehead atoms. The molecule has 4 aromatic rings.